The Kier molecular flexibility index (Phi) is 7.01. The lowest BCUT2D eigenvalue weighted by atomic mass is 10.0. The number of rotatable bonds is 7. The maximum absolute atomic E-state index is 10.4. The molecule has 1 aromatic carbocycles. The van der Waals surface area contributed by atoms with Crippen molar-refractivity contribution in [3.8, 4) is 11.5 Å². The van der Waals surface area contributed by atoms with Crippen LogP contribution in [0.1, 0.15) is 19.0 Å². The number of aliphatic hydroxyl groups excluding tert-OH is 1. The summed E-state index contributed by atoms with van der Waals surface area (Å²) in [5.41, 5.74) is 0.634. The first-order chi connectivity index (χ1) is 13.5. The van der Waals surface area contributed by atoms with Crippen molar-refractivity contribution in [1.82, 2.24) is 25.6 Å². The van der Waals surface area contributed by atoms with Crippen molar-refractivity contribution in [2.45, 2.75) is 44.7 Å². The van der Waals surface area contributed by atoms with Gasteiger partial charge >= 0.3 is 0 Å². The molecule has 0 aliphatic carbocycles. The first-order valence-corrected chi connectivity index (χ1v) is 9.59. The molecule has 2 heterocycles. The highest BCUT2D eigenvalue weighted by atomic mass is 32.1. The Hall–Kier alpha value is -2.43. The van der Waals surface area contributed by atoms with E-state index in [4.69, 9.17) is 21.7 Å². The minimum absolute atomic E-state index is 0.0799. The van der Waals surface area contributed by atoms with Crippen LogP contribution < -0.4 is 15.4 Å². The molecule has 1 fully saturated rings. The molecule has 3 atom stereocenters. The maximum Gasteiger partial charge on any atom is 0.166 e. The van der Waals surface area contributed by atoms with Crippen LogP contribution in [0.3, 0.4) is 0 Å². The van der Waals surface area contributed by atoms with Gasteiger partial charge in [0.15, 0.2) is 16.6 Å². The number of phenols is 1. The summed E-state index contributed by atoms with van der Waals surface area (Å²) in [5.74, 6) is 0.473. The number of nitrogens with one attached hydrogen (secondary N) is 2. The van der Waals surface area contributed by atoms with Gasteiger partial charge in [-0.1, -0.05) is 17.3 Å². The van der Waals surface area contributed by atoms with E-state index in [9.17, 15) is 10.2 Å². The van der Waals surface area contributed by atoms with Gasteiger partial charge < -0.3 is 30.3 Å². The van der Waals surface area contributed by atoms with Crippen LogP contribution >= 0.6 is 12.2 Å². The summed E-state index contributed by atoms with van der Waals surface area (Å²) in [4.78, 5) is 0. The molecular formula is C18H25N5O4S. The molecule has 1 saturated heterocycles. The number of para-hydroxylation sites is 2. The van der Waals surface area contributed by atoms with Crippen molar-refractivity contribution in [2.75, 3.05) is 13.2 Å². The summed E-state index contributed by atoms with van der Waals surface area (Å²) in [6.45, 7) is 3.71. The van der Waals surface area contributed by atoms with Crippen LogP contribution in [0.15, 0.2) is 30.5 Å². The van der Waals surface area contributed by atoms with Gasteiger partial charge in [-0.3, -0.25) is 0 Å². The van der Waals surface area contributed by atoms with Gasteiger partial charge in [-0.15, -0.1) is 5.10 Å². The molecule has 3 unspecified atom stereocenters. The maximum atomic E-state index is 10.4. The summed E-state index contributed by atoms with van der Waals surface area (Å²) in [6.07, 6.45) is 1.49. The van der Waals surface area contributed by atoms with Crippen LogP contribution in [0.2, 0.25) is 0 Å². The number of aliphatic hydroxyl groups is 1. The number of thiocarbonyl (C=S) groups is 1. The molecule has 0 spiro atoms. The number of aromatic hydroxyl groups is 1. The molecule has 1 aliphatic heterocycles. The lowest BCUT2D eigenvalue weighted by Gasteiger charge is -2.34. The minimum Gasteiger partial charge on any atom is -0.504 e. The fourth-order valence-electron chi connectivity index (χ4n) is 2.93. The third-order valence-corrected chi connectivity index (χ3v) is 4.61. The molecule has 0 amide bonds. The molecule has 0 saturated carbocycles. The highest BCUT2D eigenvalue weighted by Gasteiger charge is 2.30. The Bertz CT molecular complexity index is 787. The molecule has 28 heavy (non-hydrogen) atoms. The Morgan fingerprint density at radius 2 is 2.25 bits per heavy atom. The molecule has 1 aliphatic rings. The van der Waals surface area contributed by atoms with Gasteiger partial charge in [0.25, 0.3) is 0 Å². The van der Waals surface area contributed by atoms with Gasteiger partial charge in [-0.2, -0.15) is 0 Å². The largest absolute Gasteiger partial charge is 0.504 e. The van der Waals surface area contributed by atoms with Crippen LogP contribution in [0.5, 0.6) is 11.5 Å². The van der Waals surface area contributed by atoms with Gasteiger partial charge in [0, 0.05) is 13.0 Å². The van der Waals surface area contributed by atoms with Gasteiger partial charge in [0.2, 0.25) is 0 Å². The summed E-state index contributed by atoms with van der Waals surface area (Å²) in [7, 11) is 0. The Morgan fingerprint density at radius 1 is 1.43 bits per heavy atom. The van der Waals surface area contributed by atoms with E-state index in [2.05, 4.69) is 20.9 Å². The zero-order valence-electron chi connectivity index (χ0n) is 15.6. The highest BCUT2D eigenvalue weighted by molar-refractivity contribution is 7.80. The number of hydrogen-bond acceptors (Lipinski definition) is 7. The Balaban J connectivity index is 1.46. The number of aromatic nitrogens is 3. The molecule has 152 valence electrons. The van der Waals surface area contributed by atoms with Crippen molar-refractivity contribution in [2.24, 2.45) is 0 Å². The molecule has 0 bridgehead atoms. The van der Waals surface area contributed by atoms with Crippen LogP contribution in [-0.2, 0) is 17.9 Å². The molecule has 9 nitrogen and oxygen atoms in total. The van der Waals surface area contributed by atoms with Gasteiger partial charge in [0.1, 0.15) is 12.3 Å². The van der Waals surface area contributed by atoms with E-state index in [0.29, 0.717) is 36.1 Å². The lowest BCUT2D eigenvalue weighted by Crippen LogP contribution is -2.54. The van der Waals surface area contributed by atoms with E-state index in [1.165, 1.54) is 0 Å². The molecule has 10 heteroatoms. The van der Waals surface area contributed by atoms with Crippen LogP contribution in [-0.4, -0.2) is 61.7 Å². The minimum atomic E-state index is -0.567. The SMILES string of the molecule is CCNC(=S)NC1COC(Cn2cc(COc3ccccc3O)nn2)CC1O. The second-order valence-corrected chi connectivity index (χ2v) is 6.97. The predicted octanol–water partition coefficient (Wildman–Crippen LogP) is 0.565. The van der Waals surface area contributed by atoms with E-state index < -0.39 is 6.10 Å². The average molecular weight is 407 g/mol. The molecule has 4 N–H and O–H groups in total. The van der Waals surface area contributed by atoms with E-state index in [1.807, 2.05) is 6.92 Å². The zero-order valence-corrected chi connectivity index (χ0v) is 16.4. The van der Waals surface area contributed by atoms with E-state index in [-0.39, 0.29) is 24.5 Å². The summed E-state index contributed by atoms with van der Waals surface area (Å²) in [6, 6.07) is 6.52. The van der Waals surface area contributed by atoms with Crippen LogP contribution in [0.25, 0.3) is 0 Å². The number of phenolic OH excluding ortho intramolecular Hbond substituents is 1. The van der Waals surface area contributed by atoms with Crippen molar-refractivity contribution in [1.29, 1.82) is 0 Å². The Labute approximate surface area is 168 Å². The first-order valence-electron chi connectivity index (χ1n) is 9.19. The van der Waals surface area contributed by atoms with Gasteiger partial charge in [-0.05, 0) is 31.3 Å². The third kappa shape index (κ3) is 5.54. The van der Waals surface area contributed by atoms with Crippen molar-refractivity contribution < 1.29 is 19.7 Å². The second-order valence-electron chi connectivity index (χ2n) is 6.56. The lowest BCUT2D eigenvalue weighted by molar-refractivity contribution is -0.0685. The third-order valence-electron chi connectivity index (χ3n) is 4.35. The highest BCUT2D eigenvalue weighted by Crippen LogP contribution is 2.25. The van der Waals surface area contributed by atoms with E-state index in [1.54, 1.807) is 35.1 Å². The molecular weight excluding hydrogens is 382 g/mol. The summed E-state index contributed by atoms with van der Waals surface area (Å²) in [5, 5.41) is 34.8. The fourth-order valence-corrected chi connectivity index (χ4v) is 3.23. The smallest absolute Gasteiger partial charge is 0.166 e. The molecule has 2 aromatic rings. The molecule has 0 radical (unpaired) electrons. The van der Waals surface area contributed by atoms with Crippen molar-refractivity contribution >= 4 is 17.3 Å². The number of hydrogen-bond donors (Lipinski definition) is 4. The van der Waals surface area contributed by atoms with Crippen molar-refractivity contribution in [3.05, 3.63) is 36.2 Å². The predicted molar refractivity (Wildman–Crippen MR) is 106 cm³/mol. The van der Waals surface area contributed by atoms with E-state index in [0.717, 1.165) is 6.54 Å². The van der Waals surface area contributed by atoms with Crippen LogP contribution in [0, 0.1) is 0 Å². The monoisotopic (exact) mass is 407 g/mol. The quantitative estimate of drug-likeness (QED) is 0.489. The number of ether oxygens (including phenoxy) is 2. The number of nitrogens with zero attached hydrogens (tertiary/aromatic N) is 3. The van der Waals surface area contributed by atoms with Crippen LogP contribution in [0.4, 0.5) is 0 Å². The average Bonchev–Trinajstić information content (AvgIpc) is 3.11. The molecule has 3 rings (SSSR count). The molecule has 1 aromatic heterocycles. The first kappa shape index (κ1) is 20.3. The van der Waals surface area contributed by atoms with Gasteiger partial charge in [0.05, 0.1) is 37.6 Å². The second kappa shape index (κ2) is 9.67. The van der Waals surface area contributed by atoms with Crippen molar-refractivity contribution in [3.63, 3.8) is 0 Å². The van der Waals surface area contributed by atoms with Gasteiger partial charge in [-0.25, -0.2) is 4.68 Å². The Morgan fingerprint density at radius 3 is 3.00 bits per heavy atom. The standard InChI is InChI=1S/C18H25N5O4S/c1-2-19-18(28)20-14-11-26-13(7-16(14)25)9-23-8-12(21-22-23)10-27-17-6-4-3-5-15(17)24/h3-6,8,13-14,16,24-25H,2,7,9-11H2,1H3,(H2,19,20,28). The fraction of sp³-hybridized carbons (Fsp3) is 0.500. The number of benzene rings is 1. The van der Waals surface area contributed by atoms with E-state index >= 15 is 0 Å². The normalized spacial score (nSPS) is 21.9. The summed E-state index contributed by atoms with van der Waals surface area (Å²) >= 11 is 5.15. The zero-order chi connectivity index (χ0) is 19.9. The summed E-state index contributed by atoms with van der Waals surface area (Å²) < 4.78 is 13.1. The topological polar surface area (TPSA) is 114 Å².